The normalized spacial score (nSPS) is 26.7. The minimum Gasteiger partial charge on any atom is -0.493 e. The van der Waals surface area contributed by atoms with Gasteiger partial charge in [-0.1, -0.05) is 0 Å². The molecule has 0 aromatic heterocycles. The summed E-state index contributed by atoms with van der Waals surface area (Å²) in [7, 11) is 5.85. The highest BCUT2D eigenvalue weighted by Gasteiger charge is 2.46. The number of carbonyl (C=O) groups is 3. The van der Waals surface area contributed by atoms with Crippen molar-refractivity contribution >= 4 is 17.7 Å². The molecule has 1 aliphatic heterocycles. The third kappa shape index (κ3) is 3.50. The maximum absolute atomic E-state index is 12.8. The van der Waals surface area contributed by atoms with Gasteiger partial charge in [-0.3, -0.25) is 14.4 Å². The minimum absolute atomic E-state index is 0.0314. The van der Waals surface area contributed by atoms with Crippen molar-refractivity contribution in [3.05, 3.63) is 17.7 Å². The van der Waals surface area contributed by atoms with Gasteiger partial charge in [0.2, 0.25) is 11.7 Å². The first-order chi connectivity index (χ1) is 13.4. The summed E-state index contributed by atoms with van der Waals surface area (Å²) in [6.07, 6.45) is 1.11. The quantitative estimate of drug-likeness (QED) is 0.599. The summed E-state index contributed by atoms with van der Waals surface area (Å²) in [5.74, 6) is -0.827. The zero-order valence-corrected chi connectivity index (χ0v) is 16.4. The van der Waals surface area contributed by atoms with E-state index < -0.39 is 11.9 Å². The molecular weight excluding hydrogens is 366 g/mol. The number of ketones is 1. The number of ether oxygens (including phenoxy) is 4. The van der Waals surface area contributed by atoms with Gasteiger partial charge < -0.3 is 24.3 Å². The van der Waals surface area contributed by atoms with Crippen LogP contribution in [0.5, 0.6) is 17.2 Å². The molecule has 152 valence electrons. The topological polar surface area (TPSA) is 100 Å². The Morgan fingerprint density at radius 3 is 2.18 bits per heavy atom. The Labute approximate surface area is 163 Å². The van der Waals surface area contributed by atoms with E-state index in [1.807, 2.05) is 12.1 Å². The number of methoxy groups -OCH3 is 4. The van der Waals surface area contributed by atoms with Crippen molar-refractivity contribution in [1.29, 1.82) is 0 Å². The first kappa shape index (κ1) is 20.0. The Morgan fingerprint density at radius 2 is 1.64 bits per heavy atom. The fraction of sp³-hybridized carbons (Fsp3) is 0.550. The molecule has 1 aromatic carbocycles. The number of fused-ring (bicyclic) bond motifs is 1. The van der Waals surface area contributed by atoms with Gasteiger partial charge in [-0.2, -0.15) is 0 Å². The molecule has 0 spiro atoms. The Hall–Kier alpha value is -2.77. The largest absolute Gasteiger partial charge is 0.493 e. The molecule has 2 aliphatic rings. The third-order valence-electron chi connectivity index (χ3n) is 5.66. The van der Waals surface area contributed by atoms with Gasteiger partial charge in [0, 0.05) is 18.4 Å². The van der Waals surface area contributed by atoms with Gasteiger partial charge in [-0.25, -0.2) is 0 Å². The molecule has 1 N–H and O–H groups in total. The highest BCUT2D eigenvalue weighted by Crippen LogP contribution is 2.44. The molecular formula is C20H25NO7. The van der Waals surface area contributed by atoms with E-state index in [2.05, 4.69) is 10.1 Å². The molecule has 1 heterocycles. The van der Waals surface area contributed by atoms with E-state index in [0.29, 0.717) is 30.1 Å². The van der Waals surface area contributed by atoms with Crippen molar-refractivity contribution in [2.45, 2.75) is 31.2 Å². The monoisotopic (exact) mass is 391 g/mol. The molecule has 0 radical (unpaired) electrons. The van der Waals surface area contributed by atoms with Gasteiger partial charge in [-0.15, -0.1) is 0 Å². The predicted molar refractivity (Wildman–Crippen MR) is 98.6 cm³/mol. The molecule has 1 saturated carbocycles. The van der Waals surface area contributed by atoms with Gasteiger partial charge >= 0.3 is 5.97 Å². The van der Waals surface area contributed by atoms with Gasteiger partial charge in [0.05, 0.1) is 28.4 Å². The summed E-state index contributed by atoms with van der Waals surface area (Å²) in [6, 6.07) is 3.36. The lowest BCUT2D eigenvalue weighted by Crippen LogP contribution is -2.56. The molecule has 8 nitrogen and oxygen atoms in total. The van der Waals surface area contributed by atoms with Crippen molar-refractivity contribution in [1.82, 2.24) is 5.32 Å². The van der Waals surface area contributed by atoms with Crippen LogP contribution in [0.25, 0.3) is 0 Å². The van der Waals surface area contributed by atoms with Gasteiger partial charge in [0.25, 0.3) is 0 Å². The number of hydrogen-bond donors (Lipinski definition) is 1. The number of amides is 1. The molecule has 1 saturated heterocycles. The Morgan fingerprint density at radius 1 is 1.00 bits per heavy atom. The zero-order valence-electron chi connectivity index (χ0n) is 16.4. The van der Waals surface area contributed by atoms with Crippen molar-refractivity contribution in [2.75, 3.05) is 28.4 Å². The van der Waals surface area contributed by atoms with Crippen molar-refractivity contribution in [2.24, 2.45) is 11.8 Å². The smallest absolute Gasteiger partial charge is 0.318 e. The van der Waals surface area contributed by atoms with Crippen LogP contribution in [0.3, 0.4) is 0 Å². The first-order valence-corrected chi connectivity index (χ1v) is 9.14. The van der Waals surface area contributed by atoms with Gasteiger partial charge in [-0.05, 0) is 36.5 Å². The summed E-state index contributed by atoms with van der Waals surface area (Å²) in [5, 5.41) is 2.85. The van der Waals surface area contributed by atoms with Crippen LogP contribution in [-0.4, -0.2) is 52.1 Å². The van der Waals surface area contributed by atoms with E-state index in [4.69, 9.17) is 14.2 Å². The van der Waals surface area contributed by atoms with E-state index in [1.54, 1.807) is 0 Å². The average Bonchev–Trinajstić information content (AvgIpc) is 2.71. The van der Waals surface area contributed by atoms with Crippen molar-refractivity contribution in [3.8, 4) is 17.2 Å². The molecule has 8 heteroatoms. The maximum atomic E-state index is 12.8. The lowest BCUT2D eigenvalue weighted by molar-refractivity contribution is -0.154. The lowest BCUT2D eigenvalue weighted by Gasteiger charge is -2.40. The third-order valence-corrected chi connectivity index (χ3v) is 5.66. The van der Waals surface area contributed by atoms with Crippen LogP contribution in [-0.2, 0) is 19.1 Å². The molecule has 4 unspecified atom stereocenters. The Kier molecular flexibility index (Phi) is 5.76. The lowest BCUT2D eigenvalue weighted by atomic mass is 9.69. The fourth-order valence-corrected chi connectivity index (χ4v) is 4.21. The highest BCUT2D eigenvalue weighted by atomic mass is 16.5. The summed E-state index contributed by atoms with van der Waals surface area (Å²) in [4.78, 5) is 36.9. The minimum atomic E-state index is -0.923. The number of esters is 1. The van der Waals surface area contributed by atoms with Crippen LogP contribution in [0.4, 0.5) is 0 Å². The second kappa shape index (κ2) is 8.08. The van der Waals surface area contributed by atoms with Gasteiger partial charge in [0.1, 0.15) is 11.7 Å². The number of piperidine rings is 1. The molecule has 4 atom stereocenters. The van der Waals surface area contributed by atoms with Crippen molar-refractivity contribution in [3.63, 3.8) is 0 Å². The molecule has 1 aromatic rings. The Balaban J connectivity index is 1.86. The van der Waals surface area contributed by atoms with Crippen LogP contribution in [0.2, 0.25) is 0 Å². The van der Waals surface area contributed by atoms with Crippen LogP contribution < -0.4 is 19.5 Å². The molecule has 3 rings (SSSR count). The number of nitrogens with one attached hydrogen (secondary N) is 1. The van der Waals surface area contributed by atoms with E-state index in [9.17, 15) is 14.4 Å². The van der Waals surface area contributed by atoms with E-state index in [1.165, 1.54) is 28.4 Å². The summed E-state index contributed by atoms with van der Waals surface area (Å²) in [5.41, 5.74) is 0.880. The molecule has 1 aliphatic carbocycles. The highest BCUT2D eigenvalue weighted by molar-refractivity contribution is 6.00. The van der Waals surface area contributed by atoms with Gasteiger partial charge in [0.15, 0.2) is 11.5 Å². The molecule has 28 heavy (non-hydrogen) atoms. The fourth-order valence-electron chi connectivity index (χ4n) is 4.21. The van der Waals surface area contributed by atoms with Crippen LogP contribution in [0.15, 0.2) is 12.1 Å². The summed E-state index contributed by atoms with van der Waals surface area (Å²) in [6.45, 7) is 0. The second-order valence-corrected chi connectivity index (χ2v) is 7.09. The number of rotatable bonds is 5. The SMILES string of the molecule is COC(=O)C1CC2C(=O)CC(c3cc(OC)c(OC)c(OC)c3)CC2NC1=O. The molecule has 1 amide bonds. The summed E-state index contributed by atoms with van der Waals surface area (Å²) < 4.78 is 20.8. The molecule has 2 fully saturated rings. The van der Waals surface area contributed by atoms with E-state index in [-0.39, 0.29) is 36.0 Å². The van der Waals surface area contributed by atoms with E-state index in [0.717, 1.165) is 5.56 Å². The standard InChI is InChI=1S/C20H25NO7/c1-25-16-7-11(8-17(26-2)18(16)27-3)10-5-14-12(15(22)6-10)9-13(19(23)21-14)20(24)28-4/h7-8,10,12-14H,5-6,9H2,1-4H3,(H,21,23). The zero-order chi connectivity index (χ0) is 20.4. The van der Waals surface area contributed by atoms with Crippen LogP contribution in [0, 0.1) is 11.8 Å². The van der Waals surface area contributed by atoms with E-state index >= 15 is 0 Å². The average molecular weight is 391 g/mol. The first-order valence-electron chi connectivity index (χ1n) is 9.14. The number of Topliss-reactive ketones (excluding diaryl/α,β-unsaturated/α-hetero) is 1. The number of benzene rings is 1. The maximum Gasteiger partial charge on any atom is 0.318 e. The van der Waals surface area contributed by atoms with Crippen LogP contribution in [0.1, 0.15) is 30.7 Å². The summed E-state index contributed by atoms with van der Waals surface area (Å²) >= 11 is 0. The second-order valence-electron chi connectivity index (χ2n) is 7.09. The van der Waals surface area contributed by atoms with Crippen LogP contribution >= 0.6 is 0 Å². The Bertz CT molecular complexity index is 766. The predicted octanol–water partition coefficient (Wildman–Crippen LogP) is 1.45. The van der Waals surface area contributed by atoms with Crippen molar-refractivity contribution < 1.29 is 33.3 Å². The number of hydrogen-bond acceptors (Lipinski definition) is 7. The molecule has 0 bridgehead atoms. The number of carbonyl (C=O) groups excluding carboxylic acids is 3.